The minimum absolute atomic E-state index is 0.109. The van der Waals surface area contributed by atoms with Crippen molar-refractivity contribution in [3.8, 4) is 5.75 Å². The average molecular weight is 356 g/mol. The van der Waals surface area contributed by atoms with Gasteiger partial charge in [0.05, 0.1) is 17.2 Å². The van der Waals surface area contributed by atoms with Crippen LogP contribution in [0.25, 0.3) is 0 Å². The Hall–Kier alpha value is -2.35. The highest BCUT2D eigenvalue weighted by Gasteiger charge is 2.34. The summed E-state index contributed by atoms with van der Waals surface area (Å²) < 4.78 is 44.2. The van der Waals surface area contributed by atoms with E-state index < -0.39 is 23.7 Å². The second kappa shape index (κ2) is 7.48. The fourth-order valence-corrected chi connectivity index (χ4v) is 2.21. The van der Waals surface area contributed by atoms with Gasteiger partial charge in [0.2, 0.25) is 0 Å². The van der Waals surface area contributed by atoms with Crippen LogP contribution in [-0.2, 0) is 6.18 Å². The Morgan fingerprint density at radius 2 is 2.00 bits per heavy atom. The van der Waals surface area contributed by atoms with E-state index in [0.29, 0.717) is 0 Å². The predicted molar refractivity (Wildman–Crippen MR) is 85.5 cm³/mol. The molecule has 2 N–H and O–H groups in total. The summed E-state index contributed by atoms with van der Waals surface area (Å²) in [6.07, 6.45) is -2.90. The molecule has 0 bridgehead atoms. The molecule has 1 aromatic carbocycles. The zero-order valence-corrected chi connectivity index (χ0v) is 13.5. The van der Waals surface area contributed by atoms with E-state index in [1.54, 1.807) is 25.3 Å². The maximum atomic E-state index is 12.9. The summed E-state index contributed by atoms with van der Waals surface area (Å²) in [5.41, 5.74) is -0.566. The third-order valence-electron chi connectivity index (χ3n) is 3.12. The summed E-state index contributed by atoms with van der Waals surface area (Å²) in [6.45, 7) is 1.52. The minimum atomic E-state index is -4.50. The van der Waals surface area contributed by atoms with Gasteiger partial charge in [0.15, 0.2) is 0 Å². The van der Waals surface area contributed by atoms with Gasteiger partial charge in [0, 0.05) is 6.20 Å². The summed E-state index contributed by atoms with van der Waals surface area (Å²) in [5, 5.41) is 2.63. The highest BCUT2D eigenvalue weighted by atomic mass is 32.1. The van der Waals surface area contributed by atoms with E-state index in [2.05, 4.69) is 10.3 Å². The topological polar surface area (TPSA) is 54.1 Å². The van der Waals surface area contributed by atoms with Crippen molar-refractivity contribution in [2.24, 2.45) is 0 Å². The van der Waals surface area contributed by atoms with E-state index in [1.165, 1.54) is 18.2 Å². The van der Waals surface area contributed by atoms with Crippen LogP contribution in [0.5, 0.6) is 5.75 Å². The number of rotatable bonds is 5. The van der Waals surface area contributed by atoms with Crippen molar-refractivity contribution < 1.29 is 22.7 Å². The van der Waals surface area contributed by atoms with Crippen LogP contribution >= 0.6 is 12.2 Å². The number of aromatic nitrogens is 1. The van der Waals surface area contributed by atoms with Crippen LogP contribution in [0.1, 0.15) is 22.8 Å². The maximum Gasteiger partial charge on any atom is 0.419 e. The summed E-state index contributed by atoms with van der Waals surface area (Å²) in [7, 11) is 0. The molecule has 0 saturated carbocycles. The molecule has 0 unspecified atom stereocenters. The lowest BCUT2D eigenvalue weighted by atomic mass is 10.2. The van der Waals surface area contributed by atoms with Gasteiger partial charge in [-0.1, -0.05) is 24.4 Å². The zero-order chi connectivity index (χ0) is 17.7. The lowest BCUT2D eigenvalue weighted by Crippen LogP contribution is -2.37. The normalized spacial score (nSPS) is 12.5. The van der Waals surface area contributed by atoms with Gasteiger partial charge in [-0.3, -0.25) is 4.79 Å². The first-order chi connectivity index (χ1) is 11.3. The summed E-state index contributed by atoms with van der Waals surface area (Å²) in [5.74, 6) is -0.694. The molecule has 0 radical (unpaired) electrons. The van der Waals surface area contributed by atoms with E-state index in [0.717, 1.165) is 6.07 Å². The molecule has 1 heterocycles. The third kappa shape index (κ3) is 4.58. The van der Waals surface area contributed by atoms with Crippen molar-refractivity contribution in [2.75, 3.05) is 6.61 Å². The maximum absolute atomic E-state index is 12.9. The molecule has 8 heteroatoms. The molecule has 1 aromatic heterocycles. The van der Waals surface area contributed by atoms with Crippen molar-refractivity contribution in [3.05, 3.63) is 58.4 Å². The number of nitrogens with one attached hydrogen (secondary N) is 2. The second-order valence-electron chi connectivity index (χ2n) is 5.09. The van der Waals surface area contributed by atoms with Gasteiger partial charge in [-0.15, -0.1) is 0 Å². The van der Waals surface area contributed by atoms with Gasteiger partial charge in [-0.05, 0) is 31.2 Å². The number of benzene rings is 1. The van der Waals surface area contributed by atoms with Crippen LogP contribution in [0, 0.1) is 4.64 Å². The Morgan fingerprint density at radius 3 is 2.67 bits per heavy atom. The van der Waals surface area contributed by atoms with E-state index in [4.69, 9.17) is 17.0 Å². The molecule has 0 aliphatic carbocycles. The largest absolute Gasteiger partial charge is 0.491 e. The van der Waals surface area contributed by atoms with Crippen LogP contribution < -0.4 is 10.1 Å². The summed E-state index contributed by atoms with van der Waals surface area (Å²) in [6, 6.07) is 7.61. The Bertz CT molecular complexity index is 774. The molecular formula is C16H15F3N2O2S. The quantitative estimate of drug-likeness (QED) is 0.798. The molecule has 0 aliphatic heterocycles. The molecule has 128 valence electrons. The number of amides is 1. The highest BCUT2D eigenvalue weighted by Crippen LogP contribution is 2.35. The number of carbonyl (C=O) groups excluding carboxylic acids is 1. The van der Waals surface area contributed by atoms with E-state index in [-0.39, 0.29) is 22.6 Å². The first kappa shape index (κ1) is 18.0. The number of hydrogen-bond acceptors (Lipinski definition) is 3. The summed E-state index contributed by atoms with van der Waals surface area (Å²) >= 11 is 5.01. The number of halogens is 3. The molecule has 0 fully saturated rings. The zero-order valence-electron chi connectivity index (χ0n) is 12.7. The Labute approximate surface area is 141 Å². The van der Waals surface area contributed by atoms with Crippen LogP contribution in [-0.4, -0.2) is 23.5 Å². The molecule has 0 spiro atoms. The molecule has 1 atom stereocenters. The van der Waals surface area contributed by atoms with Gasteiger partial charge < -0.3 is 15.0 Å². The lowest BCUT2D eigenvalue weighted by molar-refractivity contribution is -0.139. The van der Waals surface area contributed by atoms with E-state index in [1.807, 2.05) is 0 Å². The first-order valence-corrected chi connectivity index (χ1v) is 7.47. The molecule has 2 aromatic rings. The van der Waals surface area contributed by atoms with E-state index >= 15 is 0 Å². The van der Waals surface area contributed by atoms with Gasteiger partial charge in [0.1, 0.15) is 17.0 Å². The average Bonchev–Trinajstić information content (AvgIpc) is 2.52. The second-order valence-corrected chi connectivity index (χ2v) is 5.50. The number of para-hydroxylation sites is 1. The molecular weight excluding hydrogens is 341 g/mol. The van der Waals surface area contributed by atoms with Crippen LogP contribution in [0.3, 0.4) is 0 Å². The Kier molecular flexibility index (Phi) is 5.61. The van der Waals surface area contributed by atoms with Crippen LogP contribution in [0.2, 0.25) is 0 Å². The number of carbonyl (C=O) groups is 1. The van der Waals surface area contributed by atoms with Crippen molar-refractivity contribution in [3.63, 3.8) is 0 Å². The number of pyridine rings is 1. The number of ether oxygens (including phenoxy) is 1. The number of alkyl halides is 3. The number of H-pyrrole nitrogens is 1. The summed E-state index contributed by atoms with van der Waals surface area (Å²) in [4.78, 5) is 14.8. The number of aromatic amines is 1. The van der Waals surface area contributed by atoms with Gasteiger partial charge in [0.25, 0.3) is 5.91 Å². The Morgan fingerprint density at radius 1 is 1.29 bits per heavy atom. The van der Waals surface area contributed by atoms with Crippen molar-refractivity contribution >= 4 is 18.1 Å². The monoisotopic (exact) mass is 356 g/mol. The fraction of sp³-hybridized carbons (Fsp3) is 0.250. The highest BCUT2D eigenvalue weighted by molar-refractivity contribution is 7.71. The van der Waals surface area contributed by atoms with Crippen LogP contribution in [0.4, 0.5) is 13.2 Å². The first-order valence-electron chi connectivity index (χ1n) is 7.06. The molecule has 0 saturated heterocycles. The predicted octanol–water partition coefficient (Wildman–Crippen LogP) is 3.96. The molecule has 1 amide bonds. The molecule has 4 nitrogen and oxygen atoms in total. The molecule has 2 rings (SSSR count). The van der Waals surface area contributed by atoms with Gasteiger partial charge in [-0.2, -0.15) is 13.2 Å². The fourth-order valence-electron chi connectivity index (χ4n) is 1.99. The molecule has 24 heavy (non-hydrogen) atoms. The van der Waals surface area contributed by atoms with Crippen molar-refractivity contribution in [1.29, 1.82) is 0 Å². The SMILES string of the molecule is C[C@@H](COc1ccccc1C(F)(F)F)NC(=O)c1ccc[nH]c1=S. The number of hydrogen-bond donors (Lipinski definition) is 2. The van der Waals surface area contributed by atoms with E-state index in [9.17, 15) is 18.0 Å². The van der Waals surface area contributed by atoms with Crippen LogP contribution in [0.15, 0.2) is 42.6 Å². The van der Waals surface area contributed by atoms with Gasteiger partial charge in [-0.25, -0.2) is 0 Å². The van der Waals surface area contributed by atoms with Gasteiger partial charge >= 0.3 is 6.18 Å². The smallest absolute Gasteiger partial charge is 0.419 e. The lowest BCUT2D eigenvalue weighted by Gasteiger charge is -2.18. The standard InChI is InChI=1S/C16H15F3N2O2S/c1-10(21-14(22)11-5-4-8-20-15(11)24)9-23-13-7-3-2-6-12(13)16(17,18)19/h2-8,10H,9H2,1H3,(H,20,24)(H,21,22)/t10-/m0/s1. The minimum Gasteiger partial charge on any atom is -0.491 e. The molecule has 0 aliphatic rings. The van der Waals surface area contributed by atoms with Crippen molar-refractivity contribution in [1.82, 2.24) is 10.3 Å². The Balaban J connectivity index is 2.00. The third-order valence-corrected chi connectivity index (χ3v) is 3.46. The van der Waals surface area contributed by atoms with Crippen molar-refractivity contribution in [2.45, 2.75) is 19.1 Å².